The van der Waals surface area contributed by atoms with Crippen LogP contribution in [-0.4, -0.2) is 0 Å². The third-order valence-corrected chi connectivity index (χ3v) is 4.82. The zero-order valence-electron chi connectivity index (χ0n) is 13.4. The van der Waals surface area contributed by atoms with Crippen molar-refractivity contribution in [1.82, 2.24) is 0 Å². The lowest BCUT2D eigenvalue weighted by atomic mass is 9.77. The van der Waals surface area contributed by atoms with E-state index in [-0.39, 0.29) is 0 Å². The van der Waals surface area contributed by atoms with Crippen LogP contribution in [0.15, 0.2) is 29.8 Å². The summed E-state index contributed by atoms with van der Waals surface area (Å²) >= 11 is 0. The SMILES string of the molecule is CCCC1CCC(C(C)=Cc2ccc(C(F)(F)F)cc2)CC1. The number of halogens is 3. The van der Waals surface area contributed by atoms with Crippen LogP contribution >= 0.6 is 0 Å². The van der Waals surface area contributed by atoms with Crippen molar-refractivity contribution in [2.24, 2.45) is 11.8 Å². The number of benzene rings is 1. The average molecular weight is 310 g/mol. The molecule has 0 N–H and O–H groups in total. The summed E-state index contributed by atoms with van der Waals surface area (Å²) in [5, 5.41) is 0. The van der Waals surface area contributed by atoms with Gasteiger partial charge in [-0.05, 0) is 62.1 Å². The Labute approximate surface area is 131 Å². The Morgan fingerprint density at radius 1 is 1.09 bits per heavy atom. The lowest BCUT2D eigenvalue weighted by Gasteiger charge is -2.29. The van der Waals surface area contributed by atoms with E-state index >= 15 is 0 Å². The van der Waals surface area contributed by atoms with Gasteiger partial charge in [-0.3, -0.25) is 0 Å². The fraction of sp³-hybridized carbons (Fsp3) is 0.579. The first kappa shape index (κ1) is 17.1. The van der Waals surface area contributed by atoms with Gasteiger partial charge in [0.05, 0.1) is 5.56 Å². The van der Waals surface area contributed by atoms with Gasteiger partial charge in [0.25, 0.3) is 0 Å². The predicted octanol–water partition coefficient (Wildman–Crippen LogP) is 6.72. The molecule has 3 heteroatoms. The largest absolute Gasteiger partial charge is 0.416 e. The molecular weight excluding hydrogens is 285 g/mol. The highest BCUT2D eigenvalue weighted by Gasteiger charge is 2.29. The van der Waals surface area contributed by atoms with Crippen LogP contribution in [0.25, 0.3) is 6.08 Å². The molecule has 2 rings (SSSR count). The van der Waals surface area contributed by atoms with E-state index in [4.69, 9.17) is 0 Å². The van der Waals surface area contributed by atoms with E-state index in [1.807, 2.05) is 6.08 Å². The molecule has 0 spiro atoms. The van der Waals surface area contributed by atoms with Crippen LogP contribution in [0.5, 0.6) is 0 Å². The van der Waals surface area contributed by atoms with Crippen LogP contribution in [0.4, 0.5) is 13.2 Å². The smallest absolute Gasteiger partial charge is 0.166 e. The summed E-state index contributed by atoms with van der Waals surface area (Å²) in [7, 11) is 0. The lowest BCUT2D eigenvalue weighted by Crippen LogP contribution is -2.15. The molecule has 1 aromatic carbocycles. The molecule has 0 radical (unpaired) electrons. The Hall–Kier alpha value is -1.25. The maximum Gasteiger partial charge on any atom is 0.416 e. The number of alkyl halides is 3. The number of allylic oxidation sites excluding steroid dienone is 1. The zero-order valence-corrected chi connectivity index (χ0v) is 13.4. The Bertz CT molecular complexity index is 488. The van der Waals surface area contributed by atoms with Crippen molar-refractivity contribution in [3.63, 3.8) is 0 Å². The van der Waals surface area contributed by atoms with Crippen molar-refractivity contribution in [3.05, 3.63) is 41.0 Å². The Morgan fingerprint density at radius 2 is 1.68 bits per heavy atom. The number of hydrogen-bond acceptors (Lipinski definition) is 0. The summed E-state index contributed by atoms with van der Waals surface area (Å²) < 4.78 is 37.7. The molecule has 1 aliphatic carbocycles. The Balaban J connectivity index is 1.98. The molecule has 0 atom stereocenters. The highest BCUT2D eigenvalue weighted by atomic mass is 19.4. The van der Waals surface area contributed by atoms with E-state index < -0.39 is 11.7 Å². The summed E-state index contributed by atoms with van der Waals surface area (Å²) in [4.78, 5) is 0. The van der Waals surface area contributed by atoms with Gasteiger partial charge < -0.3 is 0 Å². The lowest BCUT2D eigenvalue weighted by molar-refractivity contribution is -0.137. The molecule has 0 amide bonds. The minimum atomic E-state index is -4.26. The Kier molecular flexibility index (Phi) is 5.71. The van der Waals surface area contributed by atoms with Crippen LogP contribution < -0.4 is 0 Å². The number of rotatable bonds is 4. The first-order valence-corrected chi connectivity index (χ1v) is 8.25. The molecule has 1 fully saturated rings. The van der Waals surface area contributed by atoms with E-state index in [1.165, 1.54) is 44.1 Å². The van der Waals surface area contributed by atoms with Crippen LogP contribution in [0.1, 0.15) is 63.5 Å². The third kappa shape index (κ3) is 4.62. The van der Waals surface area contributed by atoms with Crippen LogP contribution in [-0.2, 0) is 6.18 Å². The minimum absolute atomic E-state index is 0.581. The average Bonchev–Trinajstić information content (AvgIpc) is 2.48. The number of hydrogen-bond donors (Lipinski definition) is 0. The molecule has 0 aliphatic heterocycles. The maximum absolute atomic E-state index is 12.6. The van der Waals surface area contributed by atoms with E-state index in [0.717, 1.165) is 23.6 Å². The van der Waals surface area contributed by atoms with E-state index in [0.29, 0.717) is 5.92 Å². The second-order valence-electron chi connectivity index (χ2n) is 6.51. The normalized spacial score (nSPS) is 23.6. The van der Waals surface area contributed by atoms with Crippen molar-refractivity contribution in [1.29, 1.82) is 0 Å². The van der Waals surface area contributed by atoms with Gasteiger partial charge in [0.15, 0.2) is 0 Å². The molecule has 122 valence electrons. The zero-order chi connectivity index (χ0) is 16.2. The fourth-order valence-corrected chi connectivity index (χ4v) is 3.46. The topological polar surface area (TPSA) is 0 Å². The summed E-state index contributed by atoms with van der Waals surface area (Å²) in [5.41, 5.74) is 1.58. The third-order valence-electron chi connectivity index (χ3n) is 4.82. The van der Waals surface area contributed by atoms with Crippen molar-refractivity contribution in [2.45, 2.75) is 58.5 Å². The molecule has 0 heterocycles. The van der Waals surface area contributed by atoms with Gasteiger partial charge in [-0.2, -0.15) is 13.2 Å². The second-order valence-corrected chi connectivity index (χ2v) is 6.51. The maximum atomic E-state index is 12.6. The van der Waals surface area contributed by atoms with E-state index in [9.17, 15) is 13.2 Å². The van der Waals surface area contributed by atoms with Gasteiger partial charge in [0.1, 0.15) is 0 Å². The fourth-order valence-electron chi connectivity index (χ4n) is 3.46. The molecule has 0 aromatic heterocycles. The van der Waals surface area contributed by atoms with Gasteiger partial charge in [0.2, 0.25) is 0 Å². The summed E-state index contributed by atoms with van der Waals surface area (Å²) in [6.45, 7) is 4.35. The molecule has 0 saturated heterocycles. The van der Waals surface area contributed by atoms with Gasteiger partial charge >= 0.3 is 6.18 Å². The second kappa shape index (κ2) is 7.34. The van der Waals surface area contributed by atoms with Gasteiger partial charge in [-0.25, -0.2) is 0 Å². The summed E-state index contributed by atoms with van der Waals surface area (Å²) in [5.74, 6) is 1.47. The van der Waals surface area contributed by atoms with Gasteiger partial charge in [0, 0.05) is 0 Å². The molecule has 1 saturated carbocycles. The highest BCUT2D eigenvalue weighted by molar-refractivity contribution is 5.53. The molecule has 1 aromatic rings. The van der Waals surface area contributed by atoms with Crippen LogP contribution in [0, 0.1) is 11.8 Å². The molecule has 0 bridgehead atoms. The van der Waals surface area contributed by atoms with Crippen molar-refractivity contribution >= 4 is 6.08 Å². The quantitative estimate of drug-likeness (QED) is 0.579. The van der Waals surface area contributed by atoms with Crippen molar-refractivity contribution < 1.29 is 13.2 Å². The first-order valence-electron chi connectivity index (χ1n) is 8.25. The molecule has 1 aliphatic rings. The summed E-state index contributed by atoms with van der Waals surface area (Å²) in [6.07, 6.45) is 5.39. The molecular formula is C19H25F3. The van der Waals surface area contributed by atoms with Gasteiger partial charge in [-0.15, -0.1) is 0 Å². The molecule has 0 unspecified atom stereocenters. The Morgan fingerprint density at radius 3 is 2.18 bits per heavy atom. The standard InChI is InChI=1S/C19H25F3/c1-3-4-15-5-9-17(10-6-15)14(2)13-16-7-11-18(12-8-16)19(20,21)22/h7-8,11-13,15,17H,3-6,9-10H2,1-2H3. The van der Waals surface area contributed by atoms with Crippen LogP contribution in [0.3, 0.4) is 0 Å². The van der Waals surface area contributed by atoms with Crippen molar-refractivity contribution in [3.8, 4) is 0 Å². The van der Waals surface area contributed by atoms with E-state index in [1.54, 1.807) is 12.1 Å². The van der Waals surface area contributed by atoms with Crippen molar-refractivity contribution in [2.75, 3.05) is 0 Å². The van der Waals surface area contributed by atoms with Crippen LogP contribution in [0.2, 0.25) is 0 Å². The van der Waals surface area contributed by atoms with Gasteiger partial charge in [-0.1, -0.05) is 43.5 Å². The minimum Gasteiger partial charge on any atom is -0.166 e. The summed E-state index contributed by atoms with van der Waals surface area (Å²) in [6, 6.07) is 5.46. The monoisotopic (exact) mass is 310 g/mol. The molecule has 0 nitrogen and oxygen atoms in total. The predicted molar refractivity (Wildman–Crippen MR) is 85.5 cm³/mol. The van der Waals surface area contributed by atoms with E-state index in [2.05, 4.69) is 13.8 Å². The highest BCUT2D eigenvalue weighted by Crippen LogP contribution is 2.36. The first-order chi connectivity index (χ1) is 10.4. The molecule has 22 heavy (non-hydrogen) atoms.